The van der Waals surface area contributed by atoms with Crippen molar-refractivity contribution in [2.45, 2.75) is 71.8 Å². The van der Waals surface area contributed by atoms with Crippen molar-refractivity contribution in [1.29, 1.82) is 0 Å². The second kappa shape index (κ2) is 11.1. The lowest BCUT2D eigenvalue weighted by Crippen LogP contribution is -2.46. The summed E-state index contributed by atoms with van der Waals surface area (Å²) in [4.78, 5) is 42.7. The zero-order chi connectivity index (χ0) is 31.5. The monoisotopic (exact) mass is 671 g/mol. The van der Waals surface area contributed by atoms with E-state index in [9.17, 15) is 22.8 Å². The summed E-state index contributed by atoms with van der Waals surface area (Å²) in [5.74, 6) is 0.736. The minimum Gasteiger partial charge on any atom is -0.487 e. The van der Waals surface area contributed by atoms with Gasteiger partial charge in [0.1, 0.15) is 0 Å². The van der Waals surface area contributed by atoms with E-state index in [1.165, 1.54) is 38.7 Å². The van der Waals surface area contributed by atoms with Crippen LogP contribution in [0.1, 0.15) is 65.3 Å². The van der Waals surface area contributed by atoms with Crippen LogP contribution in [0.25, 0.3) is 11.9 Å². The molecule has 4 heterocycles. The summed E-state index contributed by atoms with van der Waals surface area (Å²) in [6.07, 6.45) is 0.578. The number of hydrogen-bond acceptors (Lipinski definition) is 7. The van der Waals surface area contributed by atoms with E-state index in [0.29, 0.717) is 34.3 Å². The normalized spacial score (nSPS) is 19.8. The molecule has 0 N–H and O–H groups in total. The molecule has 2 aliphatic rings. The van der Waals surface area contributed by atoms with Gasteiger partial charge in [0, 0.05) is 27.3 Å². The summed E-state index contributed by atoms with van der Waals surface area (Å²) < 4.78 is 49.2. The summed E-state index contributed by atoms with van der Waals surface area (Å²) in [5, 5.41) is 4.52. The van der Waals surface area contributed by atoms with Gasteiger partial charge >= 0.3 is 6.18 Å². The van der Waals surface area contributed by atoms with Crippen LogP contribution in [0.2, 0.25) is 0 Å². The van der Waals surface area contributed by atoms with E-state index in [1.54, 1.807) is 6.92 Å². The van der Waals surface area contributed by atoms with E-state index < -0.39 is 29.2 Å². The highest BCUT2D eigenvalue weighted by Gasteiger charge is 2.36. The molecule has 0 radical (unpaired) electrons. The molecule has 6 rings (SSSR count). The van der Waals surface area contributed by atoms with Crippen LogP contribution in [-0.4, -0.2) is 52.3 Å². The summed E-state index contributed by atoms with van der Waals surface area (Å²) in [6, 6.07) is 4.71. The van der Waals surface area contributed by atoms with Crippen molar-refractivity contribution in [3.63, 3.8) is 0 Å². The molecule has 14 heteroatoms. The maximum absolute atomic E-state index is 14.1. The highest BCUT2D eigenvalue weighted by molar-refractivity contribution is 9.10. The van der Waals surface area contributed by atoms with Crippen LogP contribution in [0.15, 0.2) is 45.9 Å². The van der Waals surface area contributed by atoms with E-state index >= 15 is 0 Å². The van der Waals surface area contributed by atoms with Crippen LogP contribution in [0.5, 0.6) is 5.75 Å². The first-order chi connectivity index (χ1) is 20.8. The summed E-state index contributed by atoms with van der Waals surface area (Å²) in [5.41, 5.74) is 0.615. The Kier molecular flexibility index (Phi) is 7.58. The fourth-order valence-corrected chi connectivity index (χ4v) is 6.19. The molecule has 44 heavy (non-hydrogen) atoms. The zero-order valence-corrected chi connectivity index (χ0v) is 26.0. The van der Waals surface area contributed by atoms with Gasteiger partial charge in [-0.1, -0.05) is 22.9 Å². The van der Waals surface area contributed by atoms with E-state index in [1.807, 2.05) is 19.9 Å². The number of alkyl halides is 3. The first-order valence-electron chi connectivity index (χ1n) is 14.2. The highest BCUT2D eigenvalue weighted by Crippen LogP contribution is 2.36. The molecule has 1 fully saturated rings. The average Bonchev–Trinajstić information content (AvgIpc) is 3.29. The molecule has 10 nitrogen and oxygen atoms in total. The van der Waals surface area contributed by atoms with Gasteiger partial charge < -0.3 is 9.64 Å². The van der Waals surface area contributed by atoms with Gasteiger partial charge in [0.25, 0.3) is 11.5 Å². The predicted octanol–water partition coefficient (Wildman–Crippen LogP) is 5.37. The Bertz CT molecular complexity index is 1810. The first-order valence-corrected chi connectivity index (χ1v) is 14.9. The molecule has 1 unspecified atom stereocenters. The molecule has 1 aliphatic heterocycles. The van der Waals surface area contributed by atoms with Crippen LogP contribution in [-0.2, 0) is 19.1 Å². The van der Waals surface area contributed by atoms with Crippen molar-refractivity contribution in [2.24, 2.45) is 5.92 Å². The Labute approximate surface area is 259 Å². The molecule has 230 valence electrons. The van der Waals surface area contributed by atoms with Crippen molar-refractivity contribution in [3.8, 4) is 17.6 Å². The smallest absolute Gasteiger partial charge is 0.417 e. The maximum atomic E-state index is 14.1. The number of nitrogens with zero attached hydrogens (tertiary/aromatic N) is 7. The molecular formula is C30H29BrF3N7O3. The van der Waals surface area contributed by atoms with E-state index in [4.69, 9.17) is 9.72 Å². The van der Waals surface area contributed by atoms with E-state index in [-0.39, 0.29) is 41.0 Å². The Balaban J connectivity index is 1.39. The number of rotatable bonds is 5. The third-order valence-corrected chi connectivity index (χ3v) is 8.71. The molecule has 1 saturated carbocycles. The van der Waals surface area contributed by atoms with Crippen LogP contribution in [0.4, 0.5) is 13.2 Å². The van der Waals surface area contributed by atoms with E-state index in [0.717, 1.165) is 18.9 Å². The third kappa shape index (κ3) is 5.51. The van der Waals surface area contributed by atoms with Gasteiger partial charge in [0.2, 0.25) is 11.9 Å². The molecule has 0 spiro atoms. The Hall–Kier alpha value is -4.07. The molecule has 1 atom stereocenters. The lowest BCUT2D eigenvalue weighted by Gasteiger charge is -2.34. The molecule has 4 aromatic rings. The van der Waals surface area contributed by atoms with Crippen LogP contribution < -0.4 is 10.3 Å². The van der Waals surface area contributed by atoms with Crippen molar-refractivity contribution < 1.29 is 22.7 Å². The molecule has 3 aromatic heterocycles. The lowest BCUT2D eigenvalue weighted by atomic mass is 9.84. The van der Waals surface area contributed by atoms with Crippen molar-refractivity contribution in [1.82, 2.24) is 34.2 Å². The average molecular weight is 673 g/mol. The Morgan fingerprint density at radius 2 is 1.80 bits per heavy atom. The van der Waals surface area contributed by atoms with Gasteiger partial charge in [0.05, 0.1) is 42.0 Å². The summed E-state index contributed by atoms with van der Waals surface area (Å²) >= 11 is 2.92. The number of benzene rings is 1. The predicted molar refractivity (Wildman–Crippen MR) is 157 cm³/mol. The molecule has 1 amide bonds. The number of halogens is 4. The van der Waals surface area contributed by atoms with Gasteiger partial charge in [0.15, 0.2) is 5.75 Å². The van der Waals surface area contributed by atoms with Crippen molar-refractivity contribution in [2.75, 3.05) is 0 Å². The number of fused-ring (bicyclic) bond motifs is 1. The fraction of sp³-hybridized carbons (Fsp3) is 0.400. The SMILES string of the molecule is Cc1cc(C)n(-c2nc3c(c(=O)n2-c2ncc(OC4CC(C)C4)cn2)CC(C)N(C(=O)c2ccc(Br)c(C(F)(F)F)c2)C3)n1. The van der Waals surface area contributed by atoms with Crippen molar-refractivity contribution in [3.05, 3.63) is 85.3 Å². The van der Waals surface area contributed by atoms with Gasteiger partial charge in [-0.25, -0.2) is 24.2 Å². The van der Waals surface area contributed by atoms with Gasteiger partial charge in [-0.2, -0.15) is 18.3 Å². The molecule has 0 saturated heterocycles. The standard InChI is InChI=1S/C30H29BrF3N7O3/c1-15-7-20(8-15)44-21-12-35-28(36-13-21)40-27(43)22-10-17(3)39(14-25(22)37-29(40)41-18(4)9-16(2)38-41)26(42)19-5-6-24(31)23(11-19)30(32,33)34/h5-6,9,11-13,15,17,20H,7-8,10,14H2,1-4H3. The highest BCUT2D eigenvalue weighted by atomic mass is 79.9. The largest absolute Gasteiger partial charge is 0.487 e. The van der Waals surface area contributed by atoms with Crippen LogP contribution >= 0.6 is 15.9 Å². The molecular weight excluding hydrogens is 643 g/mol. The topological polar surface area (TPSA) is 108 Å². The van der Waals surface area contributed by atoms with Crippen LogP contribution in [0.3, 0.4) is 0 Å². The second-order valence-corrected chi connectivity index (χ2v) is 12.4. The summed E-state index contributed by atoms with van der Waals surface area (Å²) in [7, 11) is 0. The number of carbonyl (C=O) groups excluding carboxylic acids is 1. The number of amides is 1. The molecule has 1 aromatic carbocycles. The Morgan fingerprint density at radius 1 is 1.09 bits per heavy atom. The first kappa shape index (κ1) is 30.0. The number of ether oxygens (including phenoxy) is 1. The number of hydrogen-bond donors (Lipinski definition) is 0. The van der Waals surface area contributed by atoms with Gasteiger partial charge in [-0.15, -0.1) is 0 Å². The minimum absolute atomic E-state index is 0.0808. The summed E-state index contributed by atoms with van der Waals surface area (Å²) in [6.45, 7) is 7.45. The fourth-order valence-electron chi connectivity index (χ4n) is 5.72. The Morgan fingerprint density at radius 3 is 2.41 bits per heavy atom. The van der Waals surface area contributed by atoms with Crippen LogP contribution in [0, 0.1) is 19.8 Å². The zero-order valence-electron chi connectivity index (χ0n) is 24.4. The van der Waals surface area contributed by atoms with Crippen molar-refractivity contribution >= 4 is 21.8 Å². The van der Waals surface area contributed by atoms with Gasteiger partial charge in [-0.05, 0) is 70.2 Å². The van der Waals surface area contributed by atoms with Gasteiger partial charge in [-0.3, -0.25) is 9.59 Å². The minimum atomic E-state index is -4.64. The lowest BCUT2D eigenvalue weighted by molar-refractivity contribution is -0.138. The molecule has 0 bridgehead atoms. The number of carbonyl (C=O) groups is 1. The van der Waals surface area contributed by atoms with E-state index in [2.05, 4.69) is 37.9 Å². The second-order valence-electron chi connectivity index (χ2n) is 11.5. The third-order valence-electron chi connectivity index (χ3n) is 8.02. The number of aryl methyl sites for hydroxylation is 2. The number of aromatic nitrogens is 6. The quantitative estimate of drug-likeness (QED) is 0.281. The molecule has 1 aliphatic carbocycles. The maximum Gasteiger partial charge on any atom is 0.417 e.